The summed E-state index contributed by atoms with van der Waals surface area (Å²) in [5.41, 5.74) is 2.34. The molecule has 1 N–H and O–H groups in total. The third kappa shape index (κ3) is 5.26. The molecule has 2 aromatic carbocycles. The van der Waals surface area contributed by atoms with Gasteiger partial charge in [-0.25, -0.2) is 14.5 Å². The minimum atomic E-state index is -0.214. The van der Waals surface area contributed by atoms with E-state index in [1.807, 2.05) is 56.3 Å². The van der Waals surface area contributed by atoms with Crippen LogP contribution in [0.15, 0.2) is 76.8 Å². The Labute approximate surface area is 201 Å². The number of aromatic nitrogens is 3. The molecule has 4 aromatic rings. The Morgan fingerprint density at radius 2 is 1.91 bits per heavy atom. The molecular weight excluding hydrogens is 456 g/mol. The summed E-state index contributed by atoms with van der Waals surface area (Å²) < 4.78 is 1.48. The number of aryl methyl sites for hydroxylation is 1. The zero-order valence-electron chi connectivity index (χ0n) is 18.3. The summed E-state index contributed by atoms with van der Waals surface area (Å²) in [7, 11) is 0. The number of benzene rings is 2. The van der Waals surface area contributed by atoms with E-state index in [0.717, 1.165) is 17.5 Å². The summed E-state index contributed by atoms with van der Waals surface area (Å²) in [5, 5.41) is 4.64. The summed E-state index contributed by atoms with van der Waals surface area (Å²) in [6.45, 7) is 3.95. The van der Waals surface area contributed by atoms with Crippen LogP contribution in [0.3, 0.4) is 0 Å². The van der Waals surface area contributed by atoms with Gasteiger partial charge in [0.25, 0.3) is 5.56 Å². The highest BCUT2D eigenvalue weighted by Gasteiger charge is 2.17. The van der Waals surface area contributed by atoms with Gasteiger partial charge >= 0.3 is 0 Å². The van der Waals surface area contributed by atoms with E-state index in [9.17, 15) is 9.59 Å². The molecule has 1 unspecified atom stereocenters. The molecule has 0 bridgehead atoms. The lowest BCUT2D eigenvalue weighted by Crippen LogP contribution is -2.30. The number of nitrogens with one attached hydrogen (secondary N) is 1. The van der Waals surface area contributed by atoms with Crippen molar-refractivity contribution in [3.8, 4) is 5.82 Å². The molecule has 0 radical (unpaired) electrons. The SMILES string of the molecule is CCC(NC(=O)CSc1nc2ccccc2c(=O)n1-c1cc(C)ccn1)c1ccc(Cl)cc1. The number of amides is 1. The van der Waals surface area contributed by atoms with Gasteiger partial charge in [-0.05, 0) is 60.9 Å². The number of thioether (sulfide) groups is 1. The maximum Gasteiger partial charge on any atom is 0.267 e. The smallest absolute Gasteiger partial charge is 0.267 e. The van der Waals surface area contributed by atoms with E-state index in [1.165, 1.54) is 16.3 Å². The number of pyridine rings is 1. The molecule has 2 heterocycles. The highest BCUT2D eigenvalue weighted by atomic mass is 35.5. The quantitative estimate of drug-likeness (QED) is 0.295. The maximum atomic E-state index is 13.3. The minimum absolute atomic E-state index is 0.112. The second kappa shape index (κ2) is 10.2. The van der Waals surface area contributed by atoms with Crippen molar-refractivity contribution in [2.24, 2.45) is 0 Å². The Morgan fingerprint density at radius 1 is 1.15 bits per heavy atom. The molecule has 0 saturated heterocycles. The summed E-state index contributed by atoms with van der Waals surface area (Å²) in [5.74, 6) is 0.447. The fourth-order valence-corrected chi connectivity index (χ4v) is 4.47. The second-order valence-corrected chi connectivity index (χ2v) is 8.99. The minimum Gasteiger partial charge on any atom is -0.349 e. The van der Waals surface area contributed by atoms with Crippen LogP contribution in [0.5, 0.6) is 0 Å². The van der Waals surface area contributed by atoms with Crippen molar-refractivity contribution in [3.63, 3.8) is 0 Å². The fourth-order valence-electron chi connectivity index (χ4n) is 3.54. The molecule has 6 nitrogen and oxygen atoms in total. The van der Waals surface area contributed by atoms with E-state index >= 15 is 0 Å². The third-order valence-corrected chi connectivity index (χ3v) is 6.41. The van der Waals surface area contributed by atoms with E-state index in [2.05, 4.69) is 15.3 Å². The van der Waals surface area contributed by atoms with Crippen molar-refractivity contribution < 1.29 is 4.79 Å². The lowest BCUT2D eigenvalue weighted by Gasteiger charge is -2.18. The number of hydrogen-bond acceptors (Lipinski definition) is 5. The molecule has 1 amide bonds. The molecular formula is C25H23ClN4O2S. The van der Waals surface area contributed by atoms with Crippen LogP contribution < -0.4 is 10.9 Å². The lowest BCUT2D eigenvalue weighted by molar-refractivity contribution is -0.119. The van der Waals surface area contributed by atoms with Crippen LogP contribution in [0.25, 0.3) is 16.7 Å². The van der Waals surface area contributed by atoms with Crippen molar-refractivity contribution in [2.45, 2.75) is 31.5 Å². The summed E-state index contributed by atoms with van der Waals surface area (Å²) in [6, 6.07) is 18.2. The van der Waals surface area contributed by atoms with E-state index in [4.69, 9.17) is 11.6 Å². The third-order valence-electron chi connectivity index (χ3n) is 5.22. The highest BCUT2D eigenvalue weighted by molar-refractivity contribution is 7.99. The molecule has 2 aromatic heterocycles. The van der Waals surface area contributed by atoms with Gasteiger partial charge in [-0.2, -0.15) is 0 Å². The normalized spacial score (nSPS) is 12.0. The first kappa shape index (κ1) is 23.0. The van der Waals surface area contributed by atoms with Crippen molar-refractivity contribution in [3.05, 3.63) is 93.4 Å². The van der Waals surface area contributed by atoms with Crippen molar-refractivity contribution in [1.82, 2.24) is 19.9 Å². The fraction of sp³-hybridized carbons (Fsp3) is 0.200. The van der Waals surface area contributed by atoms with Gasteiger partial charge in [0, 0.05) is 11.2 Å². The van der Waals surface area contributed by atoms with Crippen LogP contribution in [0, 0.1) is 6.92 Å². The average Bonchev–Trinajstić information content (AvgIpc) is 2.82. The monoisotopic (exact) mass is 478 g/mol. The van der Waals surface area contributed by atoms with Gasteiger partial charge < -0.3 is 5.32 Å². The number of fused-ring (bicyclic) bond motifs is 1. The number of nitrogens with zero attached hydrogens (tertiary/aromatic N) is 3. The van der Waals surface area contributed by atoms with E-state index in [0.29, 0.717) is 26.9 Å². The van der Waals surface area contributed by atoms with E-state index < -0.39 is 0 Å². The number of halogens is 1. The molecule has 33 heavy (non-hydrogen) atoms. The number of carbonyl (C=O) groups excluding carboxylic acids is 1. The zero-order chi connectivity index (χ0) is 23.4. The molecule has 1 atom stereocenters. The van der Waals surface area contributed by atoms with Crippen LogP contribution in [-0.4, -0.2) is 26.2 Å². The molecule has 8 heteroatoms. The molecule has 0 saturated carbocycles. The van der Waals surface area contributed by atoms with Crippen molar-refractivity contribution in [1.29, 1.82) is 0 Å². The summed E-state index contributed by atoms with van der Waals surface area (Å²) in [6.07, 6.45) is 2.40. The summed E-state index contributed by atoms with van der Waals surface area (Å²) in [4.78, 5) is 35.1. The van der Waals surface area contributed by atoms with Gasteiger partial charge in [0.05, 0.1) is 22.7 Å². The van der Waals surface area contributed by atoms with Crippen molar-refractivity contribution >= 4 is 40.2 Å². The maximum absolute atomic E-state index is 13.3. The zero-order valence-corrected chi connectivity index (χ0v) is 19.9. The standard InChI is InChI=1S/C25H23ClN4O2S/c1-3-20(17-8-10-18(26)11-9-17)28-23(31)15-33-25-29-21-7-5-4-6-19(21)24(32)30(25)22-14-16(2)12-13-27-22/h4-14,20H,3,15H2,1-2H3,(H,28,31). The topological polar surface area (TPSA) is 76.9 Å². The van der Waals surface area contributed by atoms with Gasteiger partial charge in [-0.1, -0.05) is 54.6 Å². The first-order valence-corrected chi connectivity index (χ1v) is 11.9. The van der Waals surface area contributed by atoms with Gasteiger partial charge in [0.2, 0.25) is 5.91 Å². The molecule has 0 aliphatic carbocycles. The van der Waals surface area contributed by atoms with E-state index in [1.54, 1.807) is 24.4 Å². The van der Waals surface area contributed by atoms with Crippen LogP contribution >= 0.6 is 23.4 Å². The molecule has 168 valence electrons. The molecule has 4 rings (SSSR count). The average molecular weight is 479 g/mol. The number of hydrogen-bond donors (Lipinski definition) is 1. The number of carbonyl (C=O) groups is 1. The Morgan fingerprint density at radius 3 is 2.64 bits per heavy atom. The molecule has 0 spiro atoms. The number of para-hydroxylation sites is 1. The van der Waals surface area contributed by atoms with Gasteiger partial charge in [0.15, 0.2) is 5.16 Å². The Kier molecular flexibility index (Phi) is 7.11. The van der Waals surface area contributed by atoms with Crippen molar-refractivity contribution in [2.75, 3.05) is 5.75 Å². The van der Waals surface area contributed by atoms with E-state index in [-0.39, 0.29) is 23.3 Å². The van der Waals surface area contributed by atoms with Gasteiger partial charge in [0.1, 0.15) is 5.82 Å². The largest absolute Gasteiger partial charge is 0.349 e. The van der Waals surface area contributed by atoms with Crippen LogP contribution in [0.1, 0.15) is 30.5 Å². The highest BCUT2D eigenvalue weighted by Crippen LogP contribution is 2.23. The van der Waals surface area contributed by atoms with Crippen LogP contribution in [-0.2, 0) is 4.79 Å². The number of rotatable bonds is 7. The second-order valence-electron chi connectivity index (χ2n) is 7.61. The van der Waals surface area contributed by atoms with Crippen LogP contribution in [0.4, 0.5) is 0 Å². The van der Waals surface area contributed by atoms with Gasteiger partial charge in [-0.15, -0.1) is 0 Å². The Hall–Kier alpha value is -3.16. The lowest BCUT2D eigenvalue weighted by atomic mass is 10.0. The molecule has 0 aliphatic rings. The van der Waals surface area contributed by atoms with Gasteiger partial charge in [-0.3, -0.25) is 9.59 Å². The molecule has 0 aliphatic heterocycles. The Balaban J connectivity index is 1.61. The molecule has 0 fully saturated rings. The Bertz CT molecular complexity index is 1350. The summed E-state index contributed by atoms with van der Waals surface area (Å²) >= 11 is 7.20. The first-order valence-electron chi connectivity index (χ1n) is 10.6. The predicted octanol–water partition coefficient (Wildman–Crippen LogP) is 5.10. The van der Waals surface area contributed by atoms with Crippen LogP contribution in [0.2, 0.25) is 5.02 Å². The predicted molar refractivity (Wildman–Crippen MR) is 133 cm³/mol. The first-order chi connectivity index (χ1) is 16.0.